The predicted molar refractivity (Wildman–Crippen MR) is 140 cm³/mol. The maximum Gasteiger partial charge on any atom is 0.226 e. The van der Waals surface area contributed by atoms with Gasteiger partial charge in [0.15, 0.2) is 13.6 Å². The highest BCUT2D eigenvalue weighted by Crippen LogP contribution is 2.71. The SMILES string of the molecule is Cc1ccc(-n2ncc3c2C=C2CC[C@@H]4[C@H]([C@@H](O)C[C@@]5(C)[C@H]4CC[C@@]54OCOC45COCO5)[C@@]2(C)C3)cc1. The van der Waals surface area contributed by atoms with Crippen LogP contribution in [0, 0.1) is 35.5 Å². The molecule has 4 aliphatic carbocycles. The van der Waals surface area contributed by atoms with Gasteiger partial charge >= 0.3 is 0 Å². The first-order chi connectivity index (χ1) is 18.3. The molecule has 7 nitrogen and oxygen atoms in total. The zero-order valence-electron chi connectivity index (χ0n) is 22.6. The standard InChI is InChI=1S/C31H38N2O5/c1-19-4-7-22(8-5-19)33-25-12-21-6-9-23-24-10-11-30(31(38-18-36-30)16-35-17-37-31)29(24,3)14-26(34)27(23)28(21,2)13-20(25)15-32-33/h4-5,7-8,12,15,23-24,26-27,34H,6,9-11,13-14,16-18H2,1-3H3/t23-,24-,26-,27+,28-,29-,30+,31?/m0/s1. The molecule has 2 aromatic rings. The Hall–Kier alpha value is -2.03. The smallest absolute Gasteiger partial charge is 0.226 e. The van der Waals surface area contributed by atoms with Crippen LogP contribution in [0.1, 0.15) is 62.8 Å². The lowest BCUT2D eigenvalue weighted by Crippen LogP contribution is -2.66. The summed E-state index contributed by atoms with van der Waals surface area (Å²) < 4.78 is 26.6. The molecule has 0 radical (unpaired) electrons. The Kier molecular flexibility index (Phi) is 4.88. The molecule has 2 aliphatic heterocycles. The van der Waals surface area contributed by atoms with Crippen molar-refractivity contribution in [1.82, 2.24) is 9.78 Å². The second kappa shape index (κ2) is 7.79. The first-order valence-corrected chi connectivity index (χ1v) is 14.3. The number of ether oxygens (including phenoxy) is 4. The van der Waals surface area contributed by atoms with Crippen molar-refractivity contribution in [3.05, 3.63) is 52.9 Å². The summed E-state index contributed by atoms with van der Waals surface area (Å²) in [5.41, 5.74) is 5.42. The largest absolute Gasteiger partial charge is 0.393 e. The number of benzene rings is 1. The molecule has 1 aromatic heterocycles. The number of aliphatic hydroxyl groups excluding tert-OH is 1. The third-order valence-electron chi connectivity index (χ3n) is 11.7. The highest BCUT2D eigenvalue weighted by molar-refractivity contribution is 5.61. The van der Waals surface area contributed by atoms with Crippen molar-refractivity contribution in [1.29, 1.82) is 0 Å². The van der Waals surface area contributed by atoms with Crippen LogP contribution in [0.25, 0.3) is 11.8 Å². The van der Waals surface area contributed by atoms with Crippen molar-refractivity contribution in [2.24, 2.45) is 28.6 Å². The number of hydrogen-bond acceptors (Lipinski definition) is 6. The number of allylic oxidation sites excluding steroid dienone is 1. The van der Waals surface area contributed by atoms with Gasteiger partial charge in [0, 0.05) is 5.41 Å². The monoisotopic (exact) mass is 518 g/mol. The van der Waals surface area contributed by atoms with E-state index in [1.165, 1.54) is 22.4 Å². The van der Waals surface area contributed by atoms with Gasteiger partial charge in [-0.05, 0) is 92.4 Å². The summed E-state index contributed by atoms with van der Waals surface area (Å²) in [5, 5.41) is 16.9. The van der Waals surface area contributed by atoms with Gasteiger partial charge in [-0.1, -0.05) is 37.1 Å². The Morgan fingerprint density at radius 3 is 2.66 bits per heavy atom. The zero-order valence-corrected chi connectivity index (χ0v) is 22.6. The van der Waals surface area contributed by atoms with Crippen LogP contribution in [-0.2, 0) is 25.4 Å². The summed E-state index contributed by atoms with van der Waals surface area (Å²) in [7, 11) is 0. The van der Waals surface area contributed by atoms with Crippen molar-refractivity contribution in [3.8, 4) is 5.69 Å². The molecule has 38 heavy (non-hydrogen) atoms. The van der Waals surface area contributed by atoms with E-state index in [2.05, 4.69) is 55.8 Å². The molecule has 6 aliphatic rings. The van der Waals surface area contributed by atoms with Crippen molar-refractivity contribution < 1.29 is 24.1 Å². The summed E-state index contributed by atoms with van der Waals surface area (Å²) in [6, 6.07) is 8.58. The van der Waals surface area contributed by atoms with E-state index >= 15 is 0 Å². The number of aliphatic hydroxyl groups is 1. The number of hydrogen-bond donors (Lipinski definition) is 1. The Bertz CT molecular complexity index is 1310. The third-order valence-corrected chi connectivity index (χ3v) is 11.7. The van der Waals surface area contributed by atoms with Crippen molar-refractivity contribution in [2.75, 3.05) is 20.2 Å². The van der Waals surface area contributed by atoms with Crippen LogP contribution in [-0.4, -0.2) is 52.6 Å². The molecule has 0 amide bonds. The molecule has 8 atom stereocenters. The third kappa shape index (κ3) is 2.79. The molecule has 2 spiro atoms. The maximum absolute atomic E-state index is 12.0. The van der Waals surface area contributed by atoms with E-state index in [9.17, 15) is 5.11 Å². The van der Waals surface area contributed by atoms with Crippen LogP contribution >= 0.6 is 0 Å². The van der Waals surface area contributed by atoms with Gasteiger partial charge in [-0.25, -0.2) is 4.68 Å². The first-order valence-electron chi connectivity index (χ1n) is 14.3. The summed E-state index contributed by atoms with van der Waals surface area (Å²) in [5.74, 6) is 0.249. The molecular formula is C31H38N2O5. The van der Waals surface area contributed by atoms with Gasteiger partial charge in [0.05, 0.1) is 23.7 Å². The van der Waals surface area contributed by atoms with E-state index in [-0.39, 0.29) is 30.3 Å². The lowest BCUT2D eigenvalue weighted by Gasteiger charge is -2.61. The topological polar surface area (TPSA) is 75.0 Å². The minimum Gasteiger partial charge on any atom is -0.393 e. The molecule has 1 N–H and O–H groups in total. The molecule has 8 rings (SSSR count). The van der Waals surface area contributed by atoms with Gasteiger partial charge in [-0.15, -0.1) is 0 Å². The second-order valence-electron chi connectivity index (χ2n) is 13.2. The fourth-order valence-corrected chi connectivity index (χ4v) is 10.0. The highest BCUT2D eigenvalue weighted by Gasteiger charge is 2.76. The van der Waals surface area contributed by atoms with E-state index in [0.717, 1.165) is 37.8 Å². The van der Waals surface area contributed by atoms with Crippen LogP contribution in [0.3, 0.4) is 0 Å². The van der Waals surface area contributed by atoms with Gasteiger partial charge in [0.1, 0.15) is 12.2 Å². The summed E-state index contributed by atoms with van der Waals surface area (Å²) >= 11 is 0. The molecule has 202 valence electrons. The quantitative estimate of drug-likeness (QED) is 0.586. The maximum atomic E-state index is 12.0. The van der Waals surface area contributed by atoms with Gasteiger partial charge in [-0.2, -0.15) is 5.10 Å². The number of fused-ring (bicyclic) bond motifs is 8. The number of aryl methyl sites for hydroxylation is 1. The molecule has 1 unspecified atom stereocenters. The van der Waals surface area contributed by atoms with E-state index in [4.69, 9.17) is 24.0 Å². The van der Waals surface area contributed by atoms with Gasteiger partial charge in [0.25, 0.3) is 0 Å². The van der Waals surface area contributed by atoms with Gasteiger partial charge < -0.3 is 24.1 Å². The predicted octanol–water partition coefficient (Wildman–Crippen LogP) is 4.78. The van der Waals surface area contributed by atoms with E-state index in [1.807, 2.05) is 6.20 Å². The van der Waals surface area contributed by atoms with Gasteiger partial charge in [-0.3, -0.25) is 0 Å². The highest BCUT2D eigenvalue weighted by atomic mass is 16.9. The normalized spacial score (nSPS) is 45.1. The molecule has 1 aromatic carbocycles. The summed E-state index contributed by atoms with van der Waals surface area (Å²) in [6.45, 7) is 7.72. The number of rotatable bonds is 1. The molecular weight excluding hydrogens is 480 g/mol. The average molecular weight is 519 g/mol. The lowest BCUT2D eigenvalue weighted by molar-refractivity contribution is -0.257. The molecule has 3 heterocycles. The second-order valence-corrected chi connectivity index (χ2v) is 13.2. The van der Waals surface area contributed by atoms with Crippen LogP contribution in [0.2, 0.25) is 0 Å². The molecule has 2 saturated heterocycles. The van der Waals surface area contributed by atoms with Gasteiger partial charge in [0.2, 0.25) is 5.79 Å². The van der Waals surface area contributed by atoms with Crippen molar-refractivity contribution in [2.45, 2.75) is 76.8 Å². The van der Waals surface area contributed by atoms with Crippen molar-refractivity contribution >= 4 is 6.08 Å². The Morgan fingerprint density at radius 2 is 1.87 bits per heavy atom. The van der Waals surface area contributed by atoms with E-state index in [1.54, 1.807) is 0 Å². The minimum atomic E-state index is -0.850. The fourth-order valence-electron chi connectivity index (χ4n) is 10.0. The van der Waals surface area contributed by atoms with E-state index < -0.39 is 17.5 Å². The molecule has 0 bridgehead atoms. The Labute approximate surface area is 224 Å². The minimum absolute atomic E-state index is 0.0781. The Balaban J connectivity index is 1.15. The van der Waals surface area contributed by atoms with Crippen LogP contribution in [0.4, 0.5) is 0 Å². The number of aromatic nitrogens is 2. The summed E-state index contributed by atoms with van der Waals surface area (Å²) in [6.07, 6.45) is 9.77. The van der Waals surface area contributed by atoms with Crippen molar-refractivity contribution in [3.63, 3.8) is 0 Å². The molecule has 7 heteroatoms. The Morgan fingerprint density at radius 1 is 1.05 bits per heavy atom. The van der Waals surface area contributed by atoms with Crippen LogP contribution in [0.15, 0.2) is 36.0 Å². The first kappa shape index (κ1) is 23.8. The fraction of sp³-hybridized carbons (Fsp3) is 0.645. The molecule has 5 fully saturated rings. The lowest BCUT2D eigenvalue weighted by atomic mass is 9.45. The van der Waals surface area contributed by atoms with Crippen LogP contribution < -0.4 is 0 Å². The van der Waals surface area contributed by atoms with E-state index in [0.29, 0.717) is 24.9 Å². The summed E-state index contributed by atoms with van der Waals surface area (Å²) in [4.78, 5) is 0. The zero-order chi connectivity index (χ0) is 25.9. The average Bonchev–Trinajstić information content (AvgIpc) is 3.67. The van der Waals surface area contributed by atoms with Crippen LogP contribution in [0.5, 0.6) is 0 Å². The number of nitrogens with zero attached hydrogens (tertiary/aromatic N) is 2. The molecule has 3 saturated carbocycles.